The van der Waals surface area contributed by atoms with Gasteiger partial charge in [0.25, 0.3) is 5.91 Å². The van der Waals surface area contributed by atoms with E-state index in [1.807, 2.05) is 35.0 Å². The van der Waals surface area contributed by atoms with Crippen molar-refractivity contribution in [1.29, 1.82) is 0 Å². The Morgan fingerprint density at radius 3 is 2.60 bits per heavy atom. The zero-order chi connectivity index (χ0) is 17.5. The van der Waals surface area contributed by atoms with E-state index in [0.29, 0.717) is 31.9 Å². The lowest BCUT2D eigenvalue weighted by Crippen LogP contribution is -2.44. The molecule has 130 valence electrons. The van der Waals surface area contributed by atoms with Gasteiger partial charge in [0, 0.05) is 24.7 Å². The Morgan fingerprint density at radius 2 is 1.92 bits per heavy atom. The molecule has 3 rings (SSSR count). The molecule has 2 heterocycles. The summed E-state index contributed by atoms with van der Waals surface area (Å²) in [5.41, 5.74) is 1.59. The average Bonchev–Trinajstić information content (AvgIpc) is 3.19. The van der Waals surface area contributed by atoms with Crippen molar-refractivity contribution in [2.75, 3.05) is 26.3 Å². The van der Waals surface area contributed by atoms with Crippen molar-refractivity contribution in [3.8, 4) is 0 Å². The van der Waals surface area contributed by atoms with Gasteiger partial charge in [-0.05, 0) is 28.5 Å². The number of nitrogens with zero attached hydrogens (tertiary/aromatic N) is 1. The second-order valence-corrected chi connectivity index (χ2v) is 6.34. The van der Waals surface area contributed by atoms with Crippen LogP contribution in [0.1, 0.15) is 17.2 Å². The third-order valence-corrected chi connectivity index (χ3v) is 4.54. The highest BCUT2D eigenvalue weighted by molar-refractivity contribution is 7.08. The molecule has 0 unspecified atom stereocenters. The number of ether oxygens (including phenoxy) is 2. The van der Waals surface area contributed by atoms with E-state index in [4.69, 9.17) is 9.47 Å². The van der Waals surface area contributed by atoms with Gasteiger partial charge in [-0.15, -0.1) is 0 Å². The van der Waals surface area contributed by atoms with Gasteiger partial charge in [0.1, 0.15) is 0 Å². The Kier molecular flexibility index (Phi) is 5.98. The molecule has 1 aromatic heterocycles. The maximum absolute atomic E-state index is 12.8. The third kappa shape index (κ3) is 4.78. The highest BCUT2D eigenvalue weighted by Gasteiger charge is 2.29. The van der Waals surface area contributed by atoms with Gasteiger partial charge < -0.3 is 14.4 Å². The quantitative estimate of drug-likeness (QED) is 0.610. The summed E-state index contributed by atoms with van der Waals surface area (Å²) in [6.45, 7) is 2.01. The molecule has 1 aliphatic rings. The van der Waals surface area contributed by atoms with Crippen molar-refractivity contribution >= 4 is 29.3 Å². The zero-order valence-corrected chi connectivity index (χ0v) is 14.5. The molecule has 1 saturated heterocycles. The van der Waals surface area contributed by atoms with E-state index in [1.54, 1.807) is 34.4 Å². The number of esters is 1. The van der Waals surface area contributed by atoms with Gasteiger partial charge in [0.05, 0.1) is 13.2 Å². The molecule has 2 aromatic rings. The van der Waals surface area contributed by atoms with Gasteiger partial charge >= 0.3 is 5.97 Å². The van der Waals surface area contributed by atoms with Crippen LogP contribution in [0.3, 0.4) is 0 Å². The smallest absolute Gasteiger partial charge is 0.331 e. The molecule has 0 aliphatic carbocycles. The first-order valence-corrected chi connectivity index (χ1v) is 9.01. The molecule has 1 fully saturated rings. The fraction of sp³-hybridized carbons (Fsp3) is 0.263. The van der Waals surface area contributed by atoms with Crippen LogP contribution in [0.25, 0.3) is 6.08 Å². The van der Waals surface area contributed by atoms with Gasteiger partial charge in [-0.1, -0.05) is 30.3 Å². The minimum atomic E-state index is -0.945. The van der Waals surface area contributed by atoms with Crippen molar-refractivity contribution < 1.29 is 19.1 Å². The zero-order valence-electron chi connectivity index (χ0n) is 13.7. The number of thiophene rings is 1. The average molecular weight is 357 g/mol. The van der Waals surface area contributed by atoms with Gasteiger partial charge in [-0.3, -0.25) is 4.79 Å². The van der Waals surface area contributed by atoms with Crippen molar-refractivity contribution in [2.45, 2.75) is 6.10 Å². The lowest BCUT2D eigenvalue weighted by Gasteiger charge is -2.30. The Hall–Kier alpha value is -2.44. The molecule has 1 atom stereocenters. The summed E-state index contributed by atoms with van der Waals surface area (Å²) >= 11 is 1.55. The number of amides is 1. The Labute approximate surface area is 150 Å². The topological polar surface area (TPSA) is 55.8 Å². The van der Waals surface area contributed by atoms with Crippen LogP contribution in [0.4, 0.5) is 0 Å². The van der Waals surface area contributed by atoms with Crippen LogP contribution >= 0.6 is 11.3 Å². The summed E-state index contributed by atoms with van der Waals surface area (Å²) in [5, 5.41) is 3.86. The van der Waals surface area contributed by atoms with E-state index in [9.17, 15) is 9.59 Å². The third-order valence-electron chi connectivity index (χ3n) is 3.84. The van der Waals surface area contributed by atoms with Crippen molar-refractivity contribution in [3.63, 3.8) is 0 Å². The number of hydrogen-bond acceptors (Lipinski definition) is 5. The number of carbonyl (C=O) groups excluding carboxylic acids is 2. The molecule has 0 N–H and O–H groups in total. The largest absolute Gasteiger partial charge is 0.444 e. The van der Waals surface area contributed by atoms with Crippen LogP contribution in [0, 0.1) is 0 Å². The minimum Gasteiger partial charge on any atom is -0.444 e. The highest BCUT2D eigenvalue weighted by atomic mass is 32.1. The van der Waals surface area contributed by atoms with Gasteiger partial charge in [-0.25, -0.2) is 4.79 Å². The summed E-state index contributed by atoms with van der Waals surface area (Å²) < 4.78 is 10.8. The lowest BCUT2D eigenvalue weighted by atomic mass is 10.1. The first-order chi connectivity index (χ1) is 12.2. The first-order valence-electron chi connectivity index (χ1n) is 8.06. The molecule has 0 spiro atoms. The Morgan fingerprint density at radius 1 is 1.16 bits per heavy atom. The number of hydrogen-bond donors (Lipinski definition) is 0. The van der Waals surface area contributed by atoms with E-state index in [0.717, 1.165) is 5.56 Å². The van der Waals surface area contributed by atoms with Crippen molar-refractivity contribution in [2.24, 2.45) is 0 Å². The van der Waals surface area contributed by atoms with Crippen molar-refractivity contribution in [3.05, 3.63) is 64.4 Å². The fourth-order valence-electron chi connectivity index (χ4n) is 2.53. The maximum Gasteiger partial charge on any atom is 0.331 e. The number of morpholine rings is 1. The molecule has 0 saturated carbocycles. The molecule has 1 aromatic carbocycles. The lowest BCUT2D eigenvalue weighted by molar-refractivity contribution is -0.159. The first kappa shape index (κ1) is 17.4. The molecular weight excluding hydrogens is 338 g/mol. The van der Waals surface area contributed by atoms with E-state index in [2.05, 4.69) is 0 Å². The molecule has 0 bridgehead atoms. The van der Waals surface area contributed by atoms with E-state index >= 15 is 0 Å². The summed E-state index contributed by atoms with van der Waals surface area (Å²) in [6, 6.07) is 11.0. The summed E-state index contributed by atoms with van der Waals surface area (Å²) in [7, 11) is 0. The predicted molar refractivity (Wildman–Crippen MR) is 96.0 cm³/mol. The van der Waals surface area contributed by atoms with Gasteiger partial charge in [-0.2, -0.15) is 11.3 Å². The Balaban J connectivity index is 1.74. The standard InChI is InChI=1S/C19H19NO4S/c21-17(7-6-15-8-13-25-14-15)24-18(16-4-2-1-3-5-16)19(22)20-9-11-23-12-10-20/h1-8,13-14,18H,9-12H2/b7-6+/t18-/m1/s1. The Bertz CT molecular complexity index is 721. The SMILES string of the molecule is O=C(/C=C/c1ccsc1)O[C@@H](C(=O)N1CCOCC1)c1ccccc1. The monoisotopic (exact) mass is 357 g/mol. The second-order valence-electron chi connectivity index (χ2n) is 5.56. The fourth-order valence-corrected chi connectivity index (χ4v) is 3.16. The van der Waals surface area contributed by atoms with Crippen LogP contribution in [-0.4, -0.2) is 43.1 Å². The predicted octanol–water partition coefficient (Wildman–Crippen LogP) is 2.90. The minimum absolute atomic E-state index is 0.216. The van der Waals surface area contributed by atoms with Crippen LogP contribution in [0.2, 0.25) is 0 Å². The summed E-state index contributed by atoms with van der Waals surface area (Å²) in [6.07, 6.45) is 2.09. The second kappa shape index (κ2) is 8.60. The molecule has 0 radical (unpaired) electrons. The van der Waals surface area contributed by atoms with E-state index in [1.165, 1.54) is 6.08 Å². The highest BCUT2D eigenvalue weighted by Crippen LogP contribution is 2.21. The number of carbonyl (C=O) groups is 2. The summed E-state index contributed by atoms with van der Waals surface area (Å²) in [5.74, 6) is -0.756. The van der Waals surface area contributed by atoms with E-state index < -0.39 is 12.1 Å². The van der Waals surface area contributed by atoms with Gasteiger partial charge in [0.2, 0.25) is 6.10 Å². The molecular formula is C19H19NO4S. The maximum atomic E-state index is 12.8. The molecule has 1 aliphatic heterocycles. The van der Waals surface area contributed by atoms with Crippen LogP contribution in [0.5, 0.6) is 0 Å². The molecule has 25 heavy (non-hydrogen) atoms. The molecule has 5 nitrogen and oxygen atoms in total. The van der Waals surface area contributed by atoms with E-state index in [-0.39, 0.29) is 5.91 Å². The van der Waals surface area contributed by atoms with Crippen LogP contribution in [-0.2, 0) is 19.1 Å². The van der Waals surface area contributed by atoms with Crippen LogP contribution < -0.4 is 0 Å². The van der Waals surface area contributed by atoms with Crippen molar-refractivity contribution in [1.82, 2.24) is 4.90 Å². The molecule has 1 amide bonds. The normalized spacial score (nSPS) is 15.9. The summed E-state index contributed by atoms with van der Waals surface area (Å²) in [4.78, 5) is 26.7. The van der Waals surface area contributed by atoms with Crippen LogP contribution in [0.15, 0.2) is 53.2 Å². The number of benzene rings is 1. The number of rotatable bonds is 5. The van der Waals surface area contributed by atoms with Gasteiger partial charge in [0.15, 0.2) is 0 Å². The molecule has 6 heteroatoms.